The van der Waals surface area contributed by atoms with E-state index in [1.165, 1.54) is 4.90 Å². The Bertz CT molecular complexity index is 753. The number of aryl methyl sites for hydroxylation is 1. The molecule has 2 atom stereocenters. The first-order valence-electron chi connectivity index (χ1n) is 7.74. The van der Waals surface area contributed by atoms with E-state index in [2.05, 4.69) is 5.10 Å². The average Bonchev–Trinajstić information content (AvgIpc) is 3.20. The molecule has 24 heavy (non-hydrogen) atoms. The quantitative estimate of drug-likeness (QED) is 0.902. The molecular formula is C17H20N4O3. The van der Waals surface area contributed by atoms with Crippen molar-refractivity contribution in [3.05, 3.63) is 47.8 Å². The van der Waals surface area contributed by atoms with Gasteiger partial charge in [-0.3, -0.25) is 9.59 Å². The van der Waals surface area contributed by atoms with Crippen molar-refractivity contribution < 1.29 is 14.3 Å². The molecule has 126 valence electrons. The molecule has 0 unspecified atom stereocenters. The molecule has 1 aromatic heterocycles. The summed E-state index contributed by atoms with van der Waals surface area (Å²) in [6.45, 7) is 2.33. The third-order valence-corrected chi connectivity index (χ3v) is 4.28. The molecule has 1 aliphatic rings. The summed E-state index contributed by atoms with van der Waals surface area (Å²) in [5.41, 5.74) is 7.85. The summed E-state index contributed by atoms with van der Waals surface area (Å²) in [4.78, 5) is 25.8. The molecule has 7 heteroatoms. The maximum Gasteiger partial charge on any atom is 0.254 e. The Labute approximate surface area is 140 Å². The van der Waals surface area contributed by atoms with Crippen LogP contribution in [0.4, 0.5) is 0 Å². The number of amides is 2. The van der Waals surface area contributed by atoms with E-state index in [0.717, 1.165) is 11.3 Å². The highest BCUT2D eigenvalue weighted by Crippen LogP contribution is 2.22. The van der Waals surface area contributed by atoms with E-state index >= 15 is 0 Å². The summed E-state index contributed by atoms with van der Waals surface area (Å²) in [7, 11) is 1.57. The first kappa shape index (κ1) is 16.2. The molecule has 0 spiro atoms. The Balaban J connectivity index is 1.80. The van der Waals surface area contributed by atoms with E-state index in [0.29, 0.717) is 18.5 Å². The van der Waals surface area contributed by atoms with Gasteiger partial charge in [0.2, 0.25) is 5.91 Å². The number of hydrogen-bond donors (Lipinski definition) is 1. The zero-order valence-corrected chi connectivity index (χ0v) is 13.7. The molecule has 1 fully saturated rings. The van der Waals surface area contributed by atoms with Crippen LogP contribution in [0.15, 0.2) is 36.7 Å². The van der Waals surface area contributed by atoms with Crippen LogP contribution in [0.1, 0.15) is 22.3 Å². The molecule has 1 saturated heterocycles. The normalized spacial score (nSPS) is 20.3. The van der Waals surface area contributed by atoms with Gasteiger partial charge >= 0.3 is 0 Å². The van der Waals surface area contributed by atoms with Crippen molar-refractivity contribution in [2.24, 2.45) is 5.73 Å². The number of primary amides is 1. The van der Waals surface area contributed by atoms with Gasteiger partial charge in [-0.1, -0.05) is 0 Å². The molecule has 1 aliphatic heterocycles. The number of rotatable bonds is 4. The maximum atomic E-state index is 12.7. The fourth-order valence-electron chi connectivity index (χ4n) is 2.94. The van der Waals surface area contributed by atoms with Gasteiger partial charge in [0, 0.05) is 31.8 Å². The second-order valence-corrected chi connectivity index (χ2v) is 5.98. The summed E-state index contributed by atoms with van der Waals surface area (Å²) in [5, 5.41) is 4.24. The standard InChI is InChI=1S/C17H20N4O3/c1-11-8-19-21(9-11)13-5-3-12(4-6-13)17(23)20-10-14(24-2)7-15(20)16(18)22/h3-6,8-9,14-15H,7,10H2,1-2H3,(H2,18,22)/t14-,15-/m0/s1. The van der Waals surface area contributed by atoms with E-state index in [4.69, 9.17) is 10.5 Å². The van der Waals surface area contributed by atoms with Gasteiger partial charge in [0.1, 0.15) is 6.04 Å². The van der Waals surface area contributed by atoms with Gasteiger partial charge in [-0.2, -0.15) is 5.10 Å². The number of carbonyl (C=O) groups excluding carboxylic acids is 2. The Morgan fingerprint density at radius 3 is 2.54 bits per heavy atom. The summed E-state index contributed by atoms with van der Waals surface area (Å²) in [6, 6.07) is 6.47. The smallest absolute Gasteiger partial charge is 0.254 e. The van der Waals surface area contributed by atoms with Crippen LogP contribution < -0.4 is 5.73 Å². The lowest BCUT2D eigenvalue weighted by Crippen LogP contribution is -2.43. The van der Waals surface area contributed by atoms with Gasteiger partial charge in [-0.05, 0) is 36.8 Å². The molecule has 2 aromatic rings. The Morgan fingerprint density at radius 1 is 1.29 bits per heavy atom. The molecule has 7 nitrogen and oxygen atoms in total. The third kappa shape index (κ3) is 3.03. The van der Waals surface area contributed by atoms with Crippen molar-refractivity contribution in [3.8, 4) is 5.69 Å². The fraction of sp³-hybridized carbons (Fsp3) is 0.353. The minimum absolute atomic E-state index is 0.169. The minimum atomic E-state index is -0.629. The molecule has 2 N–H and O–H groups in total. The van der Waals surface area contributed by atoms with Crippen molar-refractivity contribution in [2.45, 2.75) is 25.5 Å². The number of hydrogen-bond acceptors (Lipinski definition) is 4. The Hall–Kier alpha value is -2.67. The predicted molar refractivity (Wildman–Crippen MR) is 87.7 cm³/mol. The largest absolute Gasteiger partial charge is 0.380 e. The number of nitrogens with two attached hydrogens (primary N) is 1. The van der Waals surface area contributed by atoms with Crippen LogP contribution >= 0.6 is 0 Å². The second kappa shape index (κ2) is 6.45. The number of benzene rings is 1. The number of aromatic nitrogens is 2. The minimum Gasteiger partial charge on any atom is -0.380 e. The lowest BCUT2D eigenvalue weighted by atomic mass is 10.1. The third-order valence-electron chi connectivity index (χ3n) is 4.28. The predicted octanol–water partition coefficient (Wildman–Crippen LogP) is 0.896. The summed E-state index contributed by atoms with van der Waals surface area (Å²) < 4.78 is 7.02. The van der Waals surface area contributed by atoms with Crippen LogP contribution in [0.5, 0.6) is 0 Å². The number of ether oxygens (including phenoxy) is 1. The van der Waals surface area contributed by atoms with Gasteiger partial charge in [0.15, 0.2) is 0 Å². The van der Waals surface area contributed by atoms with Gasteiger partial charge in [-0.25, -0.2) is 4.68 Å². The van der Waals surface area contributed by atoms with Crippen molar-refractivity contribution in [2.75, 3.05) is 13.7 Å². The van der Waals surface area contributed by atoms with Crippen molar-refractivity contribution >= 4 is 11.8 Å². The van der Waals surface area contributed by atoms with E-state index in [-0.39, 0.29) is 12.0 Å². The molecule has 0 bridgehead atoms. The highest BCUT2D eigenvalue weighted by molar-refractivity contribution is 5.97. The van der Waals surface area contributed by atoms with Gasteiger partial charge in [0.05, 0.1) is 18.0 Å². The topological polar surface area (TPSA) is 90.5 Å². The fourth-order valence-corrected chi connectivity index (χ4v) is 2.94. The number of methoxy groups -OCH3 is 1. The molecular weight excluding hydrogens is 308 g/mol. The highest BCUT2D eigenvalue weighted by Gasteiger charge is 2.38. The van der Waals surface area contributed by atoms with Crippen LogP contribution in [0.25, 0.3) is 5.69 Å². The van der Waals surface area contributed by atoms with Crippen LogP contribution in [-0.2, 0) is 9.53 Å². The molecule has 2 amide bonds. The molecule has 3 rings (SSSR count). The summed E-state index contributed by atoms with van der Waals surface area (Å²) >= 11 is 0. The lowest BCUT2D eigenvalue weighted by molar-refractivity contribution is -0.121. The molecule has 0 saturated carbocycles. The molecule has 0 aliphatic carbocycles. The Kier molecular flexibility index (Phi) is 4.35. The number of carbonyl (C=O) groups is 2. The van der Waals surface area contributed by atoms with Gasteiger partial charge < -0.3 is 15.4 Å². The molecule has 1 aromatic carbocycles. The van der Waals surface area contributed by atoms with Crippen LogP contribution in [0.2, 0.25) is 0 Å². The van der Waals surface area contributed by atoms with Crippen molar-refractivity contribution in [1.82, 2.24) is 14.7 Å². The lowest BCUT2D eigenvalue weighted by Gasteiger charge is -2.22. The number of likely N-dealkylation sites (tertiary alicyclic amines) is 1. The SMILES string of the molecule is CO[C@H]1C[C@@H](C(N)=O)N(C(=O)c2ccc(-n3cc(C)cn3)cc2)C1. The maximum absolute atomic E-state index is 12.7. The van der Waals surface area contributed by atoms with E-state index in [1.54, 1.807) is 30.1 Å². The summed E-state index contributed by atoms with van der Waals surface area (Å²) in [5.74, 6) is -0.729. The van der Waals surface area contributed by atoms with Gasteiger partial charge in [-0.15, -0.1) is 0 Å². The first-order valence-corrected chi connectivity index (χ1v) is 7.74. The second-order valence-electron chi connectivity index (χ2n) is 5.98. The zero-order valence-electron chi connectivity index (χ0n) is 13.7. The zero-order chi connectivity index (χ0) is 17.3. The van der Waals surface area contributed by atoms with Crippen LogP contribution in [0.3, 0.4) is 0 Å². The first-order chi connectivity index (χ1) is 11.5. The van der Waals surface area contributed by atoms with Crippen molar-refractivity contribution in [1.29, 1.82) is 0 Å². The number of nitrogens with zero attached hydrogens (tertiary/aromatic N) is 3. The monoisotopic (exact) mass is 328 g/mol. The van der Waals surface area contributed by atoms with E-state index in [1.807, 2.05) is 25.3 Å². The van der Waals surface area contributed by atoms with Gasteiger partial charge in [0.25, 0.3) is 5.91 Å². The average molecular weight is 328 g/mol. The molecule has 0 radical (unpaired) electrons. The molecule has 2 heterocycles. The van der Waals surface area contributed by atoms with Crippen LogP contribution in [0, 0.1) is 6.92 Å². The summed E-state index contributed by atoms with van der Waals surface area (Å²) in [6.07, 6.45) is 3.94. The Morgan fingerprint density at radius 2 is 2.00 bits per heavy atom. The highest BCUT2D eigenvalue weighted by atomic mass is 16.5. The van der Waals surface area contributed by atoms with Crippen LogP contribution in [-0.4, -0.2) is 52.3 Å². The van der Waals surface area contributed by atoms with E-state index in [9.17, 15) is 9.59 Å². The van der Waals surface area contributed by atoms with E-state index < -0.39 is 11.9 Å². The van der Waals surface area contributed by atoms with Crippen molar-refractivity contribution in [3.63, 3.8) is 0 Å².